The number of H-pyrrole nitrogens is 2. The number of aromatic amines is 2. The Morgan fingerprint density at radius 1 is 1.11 bits per heavy atom. The maximum atomic E-state index is 12.7. The Kier molecular flexibility index (Phi) is 6.27. The van der Waals surface area contributed by atoms with E-state index in [0.29, 0.717) is 34.5 Å². The quantitative estimate of drug-likeness (QED) is 0.308. The van der Waals surface area contributed by atoms with Crippen LogP contribution in [0.3, 0.4) is 0 Å². The smallest absolute Gasteiger partial charge is 0.406 e. The number of carbonyl (C=O) groups is 1. The third-order valence-electron chi connectivity index (χ3n) is 5.99. The molecule has 2 aromatic heterocycles. The van der Waals surface area contributed by atoms with Crippen molar-refractivity contribution >= 4 is 28.4 Å². The molecule has 1 aliphatic rings. The van der Waals surface area contributed by atoms with Gasteiger partial charge in [0.2, 0.25) is 0 Å². The Bertz CT molecular complexity index is 1360. The lowest BCUT2D eigenvalue weighted by Crippen LogP contribution is -2.36. The van der Waals surface area contributed by atoms with E-state index in [-0.39, 0.29) is 17.2 Å². The number of aromatic nitrogens is 4. The number of imidazole rings is 1. The number of likely N-dealkylation sites (tertiary alicyclic amines) is 1. The standard InChI is InChI=1S/C24H24F3N7O2/c1-34-10-8-16(9-11-34)28-15-4-2-14(3-5-15)23(35)31-21-13-20(32-33-21)22-29-18-7-6-17(12-19(18)30-22)36-24(25,26)27/h2-7,12-13,16,28H,8-11H2,1H3,(H,29,30)(H2,31,32,33,35). The van der Waals surface area contributed by atoms with Gasteiger partial charge in [-0.2, -0.15) is 5.10 Å². The van der Waals surface area contributed by atoms with Crippen LogP contribution in [0, 0.1) is 0 Å². The van der Waals surface area contributed by atoms with E-state index in [1.807, 2.05) is 12.1 Å². The Balaban J connectivity index is 1.22. The molecule has 3 heterocycles. The number of anilines is 2. The molecular formula is C24H24F3N7O2. The number of carbonyl (C=O) groups excluding carboxylic acids is 1. The van der Waals surface area contributed by atoms with Gasteiger partial charge in [-0.3, -0.25) is 9.89 Å². The van der Waals surface area contributed by atoms with Crippen LogP contribution in [0.25, 0.3) is 22.6 Å². The van der Waals surface area contributed by atoms with Crippen LogP contribution in [0.5, 0.6) is 5.75 Å². The summed E-state index contributed by atoms with van der Waals surface area (Å²) in [7, 11) is 2.12. The molecule has 36 heavy (non-hydrogen) atoms. The van der Waals surface area contributed by atoms with Crippen LogP contribution < -0.4 is 15.4 Å². The molecule has 0 atom stereocenters. The molecule has 0 radical (unpaired) electrons. The van der Waals surface area contributed by atoms with Gasteiger partial charge in [0.1, 0.15) is 17.3 Å². The maximum Gasteiger partial charge on any atom is 0.573 e. The molecule has 0 saturated carbocycles. The van der Waals surface area contributed by atoms with Crippen molar-refractivity contribution in [1.29, 1.82) is 0 Å². The van der Waals surface area contributed by atoms with Crippen molar-refractivity contribution in [2.24, 2.45) is 0 Å². The van der Waals surface area contributed by atoms with Crippen LogP contribution in [-0.4, -0.2) is 63.5 Å². The van der Waals surface area contributed by atoms with E-state index in [1.165, 1.54) is 18.2 Å². The second kappa shape index (κ2) is 9.53. The molecule has 188 valence electrons. The zero-order valence-electron chi connectivity index (χ0n) is 19.3. The SMILES string of the molecule is CN1CCC(Nc2ccc(C(=O)Nc3cc(-c4nc5cc(OC(F)(F)F)ccc5[nH]4)n[nH]3)cc2)CC1. The first-order valence-electron chi connectivity index (χ1n) is 11.4. The van der Waals surface area contributed by atoms with E-state index < -0.39 is 6.36 Å². The molecule has 5 rings (SSSR count). The molecule has 1 fully saturated rings. The van der Waals surface area contributed by atoms with Crippen LogP contribution in [0.1, 0.15) is 23.2 Å². The second-order valence-electron chi connectivity index (χ2n) is 8.73. The van der Waals surface area contributed by atoms with Crippen molar-refractivity contribution in [2.45, 2.75) is 25.2 Å². The van der Waals surface area contributed by atoms with E-state index >= 15 is 0 Å². The average Bonchev–Trinajstić information content (AvgIpc) is 3.46. The van der Waals surface area contributed by atoms with Gasteiger partial charge in [-0.05, 0) is 69.4 Å². The number of nitrogens with zero attached hydrogens (tertiary/aromatic N) is 3. The number of alkyl halides is 3. The van der Waals surface area contributed by atoms with Crippen LogP contribution in [-0.2, 0) is 0 Å². The van der Waals surface area contributed by atoms with Gasteiger partial charge in [-0.1, -0.05) is 0 Å². The number of nitrogens with one attached hydrogen (secondary N) is 4. The lowest BCUT2D eigenvalue weighted by Gasteiger charge is -2.30. The lowest BCUT2D eigenvalue weighted by molar-refractivity contribution is -0.274. The fourth-order valence-corrected chi connectivity index (χ4v) is 4.11. The summed E-state index contributed by atoms with van der Waals surface area (Å²) in [6, 6.07) is 13.1. The van der Waals surface area contributed by atoms with Crippen molar-refractivity contribution in [3.63, 3.8) is 0 Å². The van der Waals surface area contributed by atoms with Crippen molar-refractivity contribution in [3.05, 3.63) is 54.1 Å². The molecule has 1 amide bonds. The molecule has 0 unspecified atom stereocenters. The van der Waals surface area contributed by atoms with Gasteiger partial charge in [0.25, 0.3) is 5.91 Å². The number of halogens is 3. The first-order chi connectivity index (χ1) is 17.2. The minimum Gasteiger partial charge on any atom is -0.406 e. The van der Waals surface area contributed by atoms with E-state index in [9.17, 15) is 18.0 Å². The number of fused-ring (bicyclic) bond motifs is 1. The van der Waals surface area contributed by atoms with Crippen LogP contribution in [0.4, 0.5) is 24.7 Å². The van der Waals surface area contributed by atoms with Gasteiger partial charge >= 0.3 is 6.36 Å². The molecule has 2 aromatic carbocycles. The Hall–Kier alpha value is -4.06. The number of ether oxygens (including phenoxy) is 1. The summed E-state index contributed by atoms with van der Waals surface area (Å²) in [4.78, 5) is 22.3. The molecular weight excluding hydrogens is 475 g/mol. The highest BCUT2D eigenvalue weighted by Crippen LogP contribution is 2.28. The van der Waals surface area contributed by atoms with Crippen LogP contribution in [0.15, 0.2) is 48.5 Å². The van der Waals surface area contributed by atoms with Gasteiger partial charge in [0.15, 0.2) is 5.82 Å². The fourth-order valence-electron chi connectivity index (χ4n) is 4.11. The summed E-state index contributed by atoms with van der Waals surface area (Å²) in [5, 5.41) is 13.1. The van der Waals surface area contributed by atoms with Crippen molar-refractivity contribution in [3.8, 4) is 17.3 Å². The minimum atomic E-state index is -4.79. The number of rotatable bonds is 6. The molecule has 12 heteroatoms. The second-order valence-corrected chi connectivity index (χ2v) is 8.73. The number of piperidine rings is 1. The summed E-state index contributed by atoms with van der Waals surface area (Å²) in [6.45, 7) is 2.12. The van der Waals surface area contributed by atoms with Gasteiger partial charge in [-0.15, -0.1) is 13.2 Å². The molecule has 0 aliphatic carbocycles. The van der Waals surface area contributed by atoms with E-state index in [4.69, 9.17) is 0 Å². The Morgan fingerprint density at radius 2 is 1.86 bits per heavy atom. The Morgan fingerprint density at radius 3 is 2.58 bits per heavy atom. The molecule has 0 bridgehead atoms. The third kappa shape index (κ3) is 5.60. The predicted molar refractivity (Wildman–Crippen MR) is 129 cm³/mol. The molecule has 0 spiro atoms. The van der Waals surface area contributed by atoms with Gasteiger partial charge in [0, 0.05) is 29.4 Å². The zero-order valence-corrected chi connectivity index (χ0v) is 19.3. The summed E-state index contributed by atoms with van der Waals surface area (Å²) < 4.78 is 41.3. The molecule has 1 aliphatic heterocycles. The van der Waals surface area contributed by atoms with Crippen molar-refractivity contribution < 1.29 is 22.7 Å². The van der Waals surface area contributed by atoms with E-state index in [0.717, 1.165) is 31.6 Å². The number of amides is 1. The van der Waals surface area contributed by atoms with E-state index in [1.54, 1.807) is 18.2 Å². The van der Waals surface area contributed by atoms with Gasteiger partial charge in [0.05, 0.1) is 11.0 Å². The summed E-state index contributed by atoms with van der Waals surface area (Å²) in [6.07, 6.45) is -2.63. The van der Waals surface area contributed by atoms with Crippen LogP contribution >= 0.6 is 0 Å². The molecule has 4 aromatic rings. The first-order valence-corrected chi connectivity index (χ1v) is 11.4. The molecule has 9 nitrogen and oxygen atoms in total. The highest BCUT2D eigenvalue weighted by molar-refractivity contribution is 6.04. The lowest BCUT2D eigenvalue weighted by atomic mass is 10.0. The van der Waals surface area contributed by atoms with E-state index in [2.05, 4.69) is 47.5 Å². The predicted octanol–water partition coefficient (Wildman–Crippen LogP) is 4.61. The fraction of sp³-hybridized carbons (Fsp3) is 0.292. The summed E-state index contributed by atoms with van der Waals surface area (Å²) in [5.41, 5.74) is 2.65. The Labute approximate surface area is 204 Å². The van der Waals surface area contributed by atoms with Gasteiger partial charge in [-0.25, -0.2) is 4.98 Å². The van der Waals surface area contributed by atoms with Gasteiger partial charge < -0.3 is 25.3 Å². The third-order valence-corrected chi connectivity index (χ3v) is 5.99. The highest BCUT2D eigenvalue weighted by atomic mass is 19.4. The maximum absolute atomic E-state index is 12.7. The zero-order chi connectivity index (χ0) is 25.3. The monoisotopic (exact) mass is 499 g/mol. The molecule has 1 saturated heterocycles. The first kappa shape index (κ1) is 23.7. The highest BCUT2D eigenvalue weighted by Gasteiger charge is 2.31. The minimum absolute atomic E-state index is 0.286. The average molecular weight is 499 g/mol. The summed E-state index contributed by atoms with van der Waals surface area (Å²) in [5.74, 6) is 0.00509. The number of benzene rings is 2. The number of hydrogen-bond acceptors (Lipinski definition) is 6. The summed E-state index contributed by atoms with van der Waals surface area (Å²) >= 11 is 0. The number of hydrogen-bond donors (Lipinski definition) is 4. The van der Waals surface area contributed by atoms with Crippen molar-refractivity contribution in [1.82, 2.24) is 25.1 Å². The van der Waals surface area contributed by atoms with Crippen molar-refractivity contribution in [2.75, 3.05) is 30.8 Å². The topological polar surface area (TPSA) is 111 Å². The molecule has 4 N–H and O–H groups in total. The largest absolute Gasteiger partial charge is 0.573 e. The normalized spacial score (nSPS) is 15.2. The van der Waals surface area contributed by atoms with Crippen LogP contribution in [0.2, 0.25) is 0 Å².